The molecule has 0 aliphatic heterocycles. The molecule has 0 unspecified atom stereocenters. The molecule has 0 fully saturated rings. The average molecular weight is 245 g/mol. The molecule has 0 bridgehead atoms. The van der Waals surface area contributed by atoms with Gasteiger partial charge in [-0.15, -0.1) is 0 Å². The third-order valence-electron chi connectivity index (χ3n) is 1.57. The fourth-order valence-electron chi connectivity index (χ4n) is 0.866. The van der Waals surface area contributed by atoms with Gasteiger partial charge in [0.2, 0.25) is 5.91 Å². The maximum atomic E-state index is 11.4. The summed E-state index contributed by atoms with van der Waals surface area (Å²) in [5.74, 6) is -0.194. The van der Waals surface area contributed by atoms with Gasteiger partial charge in [0, 0.05) is 13.2 Å². The maximum absolute atomic E-state index is 11.4. The molecule has 0 aromatic carbocycles. The highest BCUT2D eigenvalue weighted by Crippen LogP contribution is 2.00. The highest BCUT2D eigenvalue weighted by molar-refractivity contribution is 9.10. The molecule has 1 aromatic heterocycles. The number of amides is 1. The van der Waals surface area contributed by atoms with E-state index in [0.29, 0.717) is 4.47 Å². The molecule has 0 aliphatic carbocycles. The molecule has 13 heavy (non-hydrogen) atoms. The third-order valence-corrected chi connectivity index (χ3v) is 2.17. The first-order chi connectivity index (χ1) is 6.15. The van der Waals surface area contributed by atoms with Gasteiger partial charge in [-0.05, 0) is 28.1 Å². The van der Waals surface area contributed by atoms with Gasteiger partial charge in [0.25, 0.3) is 5.56 Å². The molecule has 1 heterocycles. The van der Waals surface area contributed by atoms with Crippen molar-refractivity contribution in [1.82, 2.24) is 9.88 Å². The number of likely N-dealkylation sites (N-methyl/N-ethyl adjacent to an activating group) is 1. The van der Waals surface area contributed by atoms with Crippen LogP contribution in [0.3, 0.4) is 0 Å². The summed E-state index contributed by atoms with van der Waals surface area (Å²) in [5, 5.41) is 2.45. The van der Waals surface area contributed by atoms with Crippen molar-refractivity contribution in [2.45, 2.75) is 6.54 Å². The van der Waals surface area contributed by atoms with Crippen molar-refractivity contribution in [3.8, 4) is 0 Å². The van der Waals surface area contributed by atoms with Crippen molar-refractivity contribution in [2.75, 3.05) is 7.05 Å². The number of halogens is 1. The van der Waals surface area contributed by atoms with E-state index in [1.807, 2.05) is 0 Å². The van der Waals surface area contributed by atoms with E-state index in [1.165, 1.54) is 11.6 Å². The first kappa shape index (κ1) is 9.98. The number of hydrogen-bond acceptors (Lipinski definition) is 2. The van der Waals surface area contributed by atoms with Gasteiger partial charge in [-0.2, -0.15) is 0 Å². The molecule has 0 aliphatic rings. The number of nitrogens with one attached hydrogen (secondary N) is 1. The Balaban J connectivity index is 2.96. The van der Waals surface area contributed by atoms with Crippen LogP contribution in [0.15, 0.2) is 27.6 Å². The van der Waals surface area contributed by atoms with Crippen LogP contribution < -0.4 is 10.9 Å². The standard InChI is InChI=1S/C8H9BrN2O2/c1-10-7(12)5-11-4-2-3-6(9)8(11)13/h2-4H,5H2,1H3,(H,10,12). The summed E-state index contributed by atoms with van der Waals surface area (Å²) in [6, 6.07) is 3.34. The second-order valence-corrected chi connectivity index (χ2v) is 3.32. The molecule has 5 heteroatoms. The summed E-state index contributed by atoms with van der Waals surface area (Å²) < 4.78 is 1.79. The quantitative estimate of drug-likeness (QED) is 0.817. The highest BCUT2D eigenvalue weighted by Gasteiger charge is 2.03. The Morgan fingerprint density at radius 2 is 2.38 bits per heavy atom. The molecule has 0 saturated carbocycles. The van der Waals surface area contributed by atoms with Crippen molar-refractivity contribution < 1.29 is 4.79 Å². The molecular formula is C8H9BrN2O2. The smallest absolute Gasteiger partial charge is 0.265 e. The number of pyridine rings is 1. The summed E-state index contributed by atoms with van der Waals surface area (Å²) in [7, 11) is 1.53. The first-order valence-electron chi connectivity index (χ1n) is 3.70. The van der Waals surface area contributed by atoms with Crippen LogP contribution in [0.4, 0.5) is 0 Å². The predicted octanol–water partition coefficient (Wildman–Crippen LogP) is 0.357. The van der Waals surface area contributed by atoms with Gasteiger partial charge in [-0.1, -0.05) is 0 Å². The van der Waals surface area contributed by atoms with E-state index in [0.717, 1.165) is 0 Å². The SMILES string of the molecule is CNC(=O)Cn1cccc(Br)c1=O. The second-order valence-electron chi connectivity index (χ2n) is 2.46. The van der Waals surface area contributed by atoms with Gasteiger partial charge in [0.15, 0.2) is 0 Å². The minimum absolute atomic E-state index is 0.0504. The van der Waals surface area contributed by atoms with E-state index in [2.05, 4.69) is 21.2 Å². The fraction of sp³-hybridized carbons (Fsp3) is 0.250. The number of aromatic nitrogens is 1. The number of nitrogens with zero attached hydrogens (tertiary/aromatic N) is 1. The number of rotatable bonds is 2. The molecule has 1 aromatic rings. The Morgan fingerprint density at radius 3 is 3.00 bits per heavy atom. The van der Waals surface area contributed by atoms with E-state index >= 15 is 0 Å². The average Bonchev–Trinajstić information content (AvgIpc) is 2.13. The summed E-state index contributed by atoms with van der Waals surface area (Å²) >= 11 is 3.09. The van der Waals surface area contributed by atoms with Gasteiger partial charge in [-0.25, -0.2) is 0 Å². The minimum Gasteiger partial charge on any atom is -0.358 e. The maximum Gasteiger partial charge on any atom is 0.265 e. The van der Waals surface area contributed by atoms with Crippen molar-refractivity contribution in [1.29, 1.82) is 0 Å². The zero-order valence-corrected chi connectivity index (χ0v) is 8.67. The molecule has 0 saturated heterocycles. The summed E-state index contributed by atoms with van der Waals surface area (Å²) in [6.45, 7) is 0.0504. The van der Waals surface area contributed by atoms with Crippen LogP contribution in [0.25, 0.3) is 0 Å². The molecule has 4 nitrogen and oxygen atoms in total. The third kappa shape index (κ3) is 2.42. The Bertz CT molecular complexity index is 373. The van der Waals surface area contributed by atoms with Crippen molar-refractivity contribution in [3.63, 3.8) is 0 Å². The van der Waals surface area contributed by atoms with Gasteiger partial charge in [0.1, 0.15) is 6.54 Å². The van der Waals surface area contributed by atoms with Gasteiger partial charge < -0.3 is 9.88 Å². The largest absolute Gasteiger partial charge is 0.358 e. The lowest BCUT2D eigenvalue weighted by Gasteiger charge is -2.03. The number of hydrogen-bond donors (Lipinski definition) is 1. The predicted molar refractivity (Wildman–Crippen MR) is 52.5 cm³/mol. The van der Waals surface area contributed by atoms with Gasteiger partial charge in [-0.3, -0.25) is 9.59 Å². The lowest BCUT2D eigenvalue weighted by Crippen LogP contribution is -2.29. The number of carbonyl (C=O) groups is 1. The molecule has 1 N–H and O–H groups in total. The van der Waals surface area contributed by atoms with Crippen molar-refractivity contribution in [3.05, 3.63) is 33.2 Å². The molecule has 70 valence electrons. The van der Waals surface area contributed by atoms with Crippen molar-refractivity contribution >= 4 is 21.8 Å². The molecule has 0 spiro atoms. The lowest BCUT2D eigenvalue weighted by molar-refractivity contribution is -0.121. The lowest BCUT2D eigenvalue weighted by atomic mass is 10.4. The van der Waals surface area contributed by atoms with E-state index < -0.39 is 0 Å². The summed E-state index contributed by atoms with van der Waals surface area (Å²) in [5.41, 5.74) is -0.203. The van der Waals surface area contributed by atoms with Crippen LogP contribution >= 0.6 is 15.9 Å². The Morgan fingerprint density at radius 1 is 1.69 bits per heavy atom. The Hall–Kier alpha value is -1.10. The first-order valence-corrected chi connectivity index (χ1v) is 4.50. The van der Waals surface area contributed by atoms with Crippen LogP contribution in [-0.2, 0) is 11.3 Å². The van der Waals surface area contributed by atoms with E-state index in [-0.39, 0.29) is 18.0 Å². The zero-order chi connectivity index (χ0) is 9.84. The van der Waals surface area contributed by atoms with Crippen LogP contribution in [0.1, 0.15) is 0 Å². The van der Waals surface area contributed by atoms with E-state index in [9.17, 15) is 9.59 Å². The molecule has 0 radical (unpaired) electrons. The molecule has 1 amide bonds. The molecular weight excluding hydrogens is 236 g/mol. The van der Waals surface area contributed by atoms with Crippen molar-refractivity contribution in [2.24, 2.45) is 0 Å². The molecule has 1 rings (SSSR count). The normalized spacial score (nSPS) is 9.69. The zero-order valence-electron chi connectivity index (χ0n) is 7.08. The Kier molecular flexibility index (Phi) is 3.25. The number of carbonyl (C=O) groups excluding carboxylic acids is 1. The summed E-state index contributed by atoms with van der Waals surface area (Å²) in [4.78, 5) is 22.3. The topological polar surface area (TPSA) is 51.1 Å². The van der Waals surface area contributed by atoms with Crippen LogP contribution in [0.5, 0.6) is 0 Å². The van der Waals surface area contributed by atoms with Crippen LogP contribution in [0, 0.1) is 0 Å². The van der Waals surface area contributed by atoms with Gasteiger partial charge in [0.05, 0.1) is 4.47 Å². The van der Waals surface area contributed by atoms with Crippen LogP contribution in [0.2, 0.25) is 0 Å². The fourth-order valence-corrected chi connectivity index (χ4v) is 1.25. The second kappa shape index (κ2) is 4.23. The van der Waals surface area contributed by atoms with Gasteiger partial charge >= 0.3 is 0 Å². The molecule has 0 atom stereocenters. The Labute approximate surface area is 83.7 Å². The van der Waals surface area contributed by atoms with E-state index in [1.54, 1.807) is 18.3 Å². The summed E-state index contributed by atoms with van der Waals surface area (Å²) in [6.07, 6.45) is 1.57. The minimum atomic E-state index is -0.203. The monoisotopic (exact) mass is 244 g/mol. The highest BCUT2D eigenvalue weighted by atomic mass is 79.9. The van der Waals surface area contributed by atoms with Crippen LogP contribution in [-0.4, -0.2) is 17.5 Å². The van der Waals surface area contributed by atoms with E-state index in [4.69, 9.17) is 0 Å².